The Kier molecular flexibility index (Phi) is 5.45. The van der Waals surface area contributed by atoms with Gasteiger partial charge >= 0.3 is 0 Å². The molecule has 100 valence electrons. The molecule has 1 heterocycles. The van der Waals surface area contributed by atoms with Gasteiger partial charge in [-0.3, -0.25) is 4.90 Å². The minimum atomic E-state index is 0.528. The second-order valence-electron chi connectivity index (χ2n) is 5.17. The number of piperidine rings is 1. The van der Waals surface area contributed by atoms with Crippen LogP contribution in [-0.4, -0.2) is 24.5 Å². The van der Waals surface area contributed by atoms with Gasteiger partial charge in [-0.1, -0.05) is 19.1 Å². The van der Waals surface area contributed by atoms with Crippen LogP contribution in [0.4, 0.5) is 0 Å². The summed E-state index contributed by atoms with van der Waals surface area (Å²) < 4.78 is 1.30. The van der Waals surface area contributed by atoms with Gasteiger partial charge < -0.3 is 5.73 Å². The molecule has 0 aromatic heterocycles. The number of hydrogen-bond donors (Lipinski definition) is 1. The highest BCUT2D eigenvalue weighted by atomic mass is 127. The Morgan fingerprint density at radius 3 is 2.67 bits per heavy atom. The van der Waals surface area contributed by atoms with Gasteiger partial charge in [0.1, 0.15) is 0 Å². The van der Waals surface area contributed by atoms with Gasteiger partial charge in [-0.25, -0.2) is 0 Å². The highest BCUT2D eigenvalue weighted by Crippen LogP contribution is 2.35. The van der Waals surface area contributed by atoms with E-state index >= 15 is 0 Å². The largest absolute Gasteiger partial charge is 0.330 e. The minimum Gasteiger partial charge on any atom is -0.330 e. The van der Waals surface area contributed by atoms with E-state index in [0.29, 0.717) is 12.0 Å². The molecule has 1 aromatic carbocycles. The van der Waals surface area contributed by atoms with Gasteiger partial charge in [0.25, 0.3) is 0 Å². The first-order valence-electron chi connectivity index (χ1n) is 6.95. The molecule has 1 aliphatic heterocycles. The molecular weight excluding hydrogens is 335 g/mol. The summed E-state index contributed by atoms with van der Waals surface area (Å²) in [5.74, 6) is 0.616. The number of nitrogens with two attached hydrogens (primary N) is 1. The molecule has 2 nitrogen and oxygen atoms in total. The molecule has 1 aliphatic rings. The molecule has 0 amide bonds. The summed E-state index contributed by atoms with van der Waals surface area (Å²) in [5, 5.41) is 0. The van der Waals surface area contributed by atoms with Crippen LogP contribution in [0.25, 0.3) is 0 Å². The summed E-state index contributed by atoms with van der Waals surface area (Å²) in [6.45, 7) is 5.47. The normalized spacial score (nSPS) is 25.3. The fourth-order valence-electron chi connectivity index (χ4n) is 3.08. The molecule has 2 atom stereocenters. The molecule has 0 radical (unpaired) electrons. The number of hydrogen-bond acceptors (Lipinski definition) is 2. The van der Waals surface area contributed by atoms with Crippen LogP contribution in [0.15, 0.2) is 24.3 Å². The molecule has 2 unspecified atom stereocenters. The lowest BCUT2D eigenvalue weighted by Gasteiger charge is -2.41. The molecule has 3 heteroatoms. The lowest BCUT2D eigenvalue weighted by molar-refractivity contribution is 0.0960. The topological polar surface area (TPSA) is 29.3 Å². The van der Waals surface area contributed by atoms with Crippen LogP contribution in [0.1, 0.15) is 37.8 Å². The van der Waals surface area contributed by atoms with Gasteiger partial charge in [-0.15, -0.1) is 0 Å². The molecule has 1 saturated heterocycles. The lowest BCUT2D eigenvalue weighted by atomic mass is 9.84. The van der Waals surface area contributed by atoms with E-state index in [0.717, 1.165) is 6.54 Å². The van der Waals surface area contributed by atoms with E-state index in [1.165, 1.54) is 41.5 Å². The molecule has 0 bridgehead atoms. The standard InChI is InChI=1S/C15H23IN2/c1-2-9-18-10-3-4-13(11-17)15(18)12-5-7-14(16)8-6-12/h5-8,13,15H,2-4,9-11,17H2,1H3. The SMILES string of the molecule is CCCN1CCCC(CN)C1c1ccc(I)cc1. The van der Waals surface area contributed by atoms with Gasteiger partial charge in [-0.2, -0.15) is 0 Å². The van der Waals surface area contributed by atoms with Crippen molar-refractivity contribution in [1.82, 2.24) is 4.90 Å². The number of halogens is 1. The Balaban J connectivity index is 2.24. The Labute approximate surface area is 124 Å². The van der Waals surface area contributed by atoms with Crippen LogP contribution in [0, 0.1) is 9.49 Å². The second-order valence-corrected chi connectivity index (χ2v) is 6.42. The predicted molar refractivity (Wildman–Crippen MR) is 85.5 cm³/mol. The Morgan fingerprint density at radius 1 is 1.33 bits per heavy atom. The molecule has 2 rings (SSSR count). The molecule has 0 saturated carbocycles. The van der Waals surface area contributed by atoms with Crippen molar-refractivity contribution in [2.75, 3.05) is 19.6 Å². The maximum atomic E-state index is 5.99. The number of rotatable bonds is 4. The smallest absolute Gasteiger partial charge is 0.0388 e. The van der Waals surface area contributed by atoms with Crippen LogP contribution in [-0.2, 0) is 0 Å². The van der Waals surface area contributed by atoms with Crippen molar-refractivity contribution < 1.29 is 0 Å². The van der Waals surface area contributed by atoms with E-state index in [4.69, 9.17) is 5.73 Å². The minimum absolute atomic E-state index is 0.528. The third-order valence-electron chi connectivity index (χ3n) is 3.89. The third kappa shape index (κ3) is 3.25. The zero-order valence-electron chi connectivity index (χ0n) is 11.1. The van der Waals surface area contributed by atoms with E-state index < -0.39 is 0 Å². The van der Waals surface area contributed by atoms with Crippen LogP contribution >= 0.6 is 22.6 Å². The van der Waals surface area contributed by atoms with Crippen molar-refractivity contribution in [1.29, 1.82) is 0 Å². The fraction of sp³-hybridized carbons (Fsp3) is 0.600. The van der Waals surface area contributed by atoms with Crippen molar-refractivity contribution in [3.63, 3.8) is 0 Å². The highest BCUT2D eigenvalue weighted by molar-refractivity contribution is 14.1. The van der Waals surface area contributed by atoms with E-state index in [2.05, 4.69) is 58.7 Å². The molecule has 0 aliphatic carbocycles. The molecule has 18 heavy (non-hydrogen) atoms. The van der Waals surface area contributed by atoms with Gasteiger partial charge in [0.2, 0.25) is 0 Å². The van der Waals surface area contributed by atoms with Crippen LogP contribution in [0.5, 0.6) is 0 Å². The fourth-order valence-corrected chi connectivity index (χ4v) is 3.44. The van der Waals surface area contributed by atoms with Crippen LogP contribution < -0.4 is 5.73 Å². The predicted octanol–water partition coefficient (Wildman–Crippen LogP) is 3.41. The van der Waals surface area contributed by atoms with E-state index in [-0.39, 0.29) is 0 Å². The number of benzene rings is 1. The highest BCUT2D eigenvalue weighted by Gasteiger charge is 2.30. The Morgan fingerprint density at radius 2 is 2.06 bits per heavy atom. The first kappa shape index (κ1) is 14.3. The van der Waals surface area contributed by atoms with Crippen molar-refractivity contribution in [3.8, 4) is 0 Å². The molecule has 2 N–H and O–H groups in total. The summed E-state index contributed by atoms with van der Waals surface area (Å²) in [7, 11) is 0. The summed E-state index contributed by atoms with van der Waals surface area (Å²) in [6.07, 6.45) is 3.79. The summed E-state index contributed by atoms with van der Waals surface area (Å²) >= 11 is 2.37. The first-order valence-corrected chi connectivity index (χ1v) is 8.03. The van der Waals surface area contributed by atoms with Gasteiger partial charge in [0, 0.05) is 9.61 Å². The average molecular weight is 358 g/mol. The Bertz CT molecular complexity index is 361. The maximum absolute atomic E-state index is 5.99. The van der Waals surface area contributed by atoms with Gasteiger partial charge in [0.15, 0.2) is 0 Å². The molecule has 1 aromatic rings. The van der Waals surface area contributed by atoms with E-state index in [1.54, 1.807) is 0 Å². The lowest BCUT2D eigenvalue weighted by Crippen LogP contribution is -2.41. The second kappa shape index (κ2) is 6.87. The monoisotopic (exact) mass is 358 g/mol. The zero-order chi connectivity index (χ0) is 13.0. The molecule has 0 spiro atoms. The van der Waals surface area contributed by atoms with Crippen molar-refractivity contribution in [2.45, 2.75) is 32.2 Å². The van der Waals surface area contributed by atoms with Crippen molar-refractivity contribution in [3.05, 3.63) is 33.4 Å². The Hall–Kier alpha value is -0.130. The zero-order valence-corrected chi connectivity index (χ0v) is 13.3. The van der Waals surface area contributed by atoms with Crippen molar-refractivity contribution in [2.24, 2.45) is 11.7 Å². The maximum Gasteiger partial charge on any atom is 0.0388 e. The third-order valence-corrected chi connectivity index (χ3v) is 4.60. The van der Waals surface area contributed by atoms with Crippen LogP contribution in [0.2, 0.25) is 0 Å². The summed E-state index contributed by atoms with van der Waals surface area (Å²) in [5.41, 5.74) is 7.43. The average Bonchev–Trinajstić information content (AvgIpc) is 2.40. The molecular formula is C15H23IN2. The van der Waals surface area contributed by atoms with Gasteiger partial charge in [0.05, 0.1) is 0 Å². The van der Waals surface area contributed by atoms with Gasteiger partial charge in [-0.05, 0) is 85.1 Å². The van der Waals surface area contributed by atoms with E-state index in [9.17, 15) is 0 Å². The quantitative estimate of drug-likeness (QED) is 0.836. The first-order chi connectivity index (χ1) is 8.76. The van der Waals surface area contributed by atoms with Crippen molar-refractivity contribution >= 4 is 22.6 Å². The molecule has 1 fully saturated rings. The van der Waals surface area contributed by atoms with E-state index in [1.807, 2.05) is 0 Å². The summed E-state index contributed by atoms with van der Waals surface area (Å²) in [4.78, 5) is 2.63. The number of likely N-dealkylation sites (tertiary alicyclic amines) is 1. The summed E-state index contributed by atoms with van der Waals surface area (Å²) in [6, 6.07) is 9.51. The van der Waals surface area contributed by atoms with Crippen LogP contribution in [0.3, 0.4) is 0 Å². The number of nitrogens with zero attached hydrogens (tertiary/aromatic N) is 1.